The second-order valence-electron chi connectivity index (χ2n) is 5.61. The molecule has 0 aliphatic rings. The Labute approximate surface area is 154 Å². The number of nitrogens with one attached hydrogen (secondary N) is 1. The third-order valence-electron chi connectivity index (χ3n) is 3.48. The first kappa shape index (κ1) is 20.3. The zero-order valence-corrected chi connectivity index (χ0v) is 14.5. The molecule has 0 bridgehead atoms. The van der Waals surface area contributed by atoms with Crippen LogP contribution in [-0.2, 0) is 20.5 Å². The van der Waals surface area contributed by atoms with Crippen molar-refractivity contribution in [1.29, 1.82) is 0 Å². The monoisotopic (exact) mass is 381 g/mol. The Morgan fingerprint density at radius 3 is 2.26 bits per heavy atom. The molecule has 2 rings (SSSR count). The summed E-state index contributed by atoms with van der Waals surface area (Å²) < 4.78 is 47.9. The number of hydrogen-bond acceptors (Lipinski definition) is 4. The van der Waals surface area contributed by atoms with Crippen molar-refractivity contribution in [3.8, 4) is 5.75 Å². The Hall–Kier alpha value is -3.03. The van der Waals surface area contributed by atoms with Gasteiger partial charge in [0.25, 0.3) is 5.91 Å². The average Bonchev–Trinajstić information content (AvgIpc) is 2.62. The summed E-state index contributed by atoms with van der Waals surface area (Å²) in [6.07, 6.45) is -5.60. The summed E-state index contributed by atoms with van der Waals surface area (Å²) in [5.74, 6) is -0.661. The van der Waals surface area contributed by atoms with Crippen LogP contribution in [-0.4, -0.2) is 24.6 Å². The molecule has 0 radical (unpaired) electrons. The fourth-order valence-electron chi connectivity index (χ4n) is 2.06. The van der Waals surface area contributed by atoms with Crippen LogP contribution in [0.25, 0.3) is 0 Å². The lowest BCUT2D eigenvalue weighted by Gasteiger charge is -2.14. The number of carbonyl (C=O) groups excluding carboxylic acids is 2. The number of alkyl halides is 3. The zero-order valence-electron chi connectivity index (χ0n) is 14.5. The lowest BCUT2D eigenvalue weighted by atomic mass is 10.2. The molecule has 0 aliphatic heterocycles. The molecular formula is C19H18F3NO4. The number of para-hydroxylation sites is 1. The van der Waals surface area contributed by atoms with Gasteiger partial charge >= 0.3 is 12.1 Å². The van der Waals surface area contributed by atoms with E-state index in [9.17, 15) is 22.8 Å². The summed E-state index contributed by atoms with van der Waals surface area (Å²) in [5, 5.41) is 2.39. The maximum Gasteiger partial charge on any atom is 0.416 e. The van der Waals surface area contributed by atoms with Crippen LogP contribution in [0.4, 0.5) is 18.9 Å². The second-order valence-corrected chi connectivity index (χ2v) is 5.61. The predicted molar refractivity (Wildman–Crippen MR) is 92.2 cm³/mol. The fourth-order valence-corrected chi connectivity index (χ4v) is 2.06. The normalized spacial score (nSPS) is 12.1. The molecular weight excluding hydrogens is 363 g/mol. The van der Waals surface area contributed by atoms with E-state index in [-0.39, 0.29) is 18.7 Å². The maximum absolute atomic E-state index is 12.5. The van der Waals surface area contributed by atoms with Gasteiger partial charge in [-0.25, -0.2) is 0 Å². The van der Waals surface area contributed by atoms with Gasteiger partial charge < -0.3 is 14.8 Å². The van der Waals surface area contributed by atoms with Crippen molar-refractivity contribution in [3.05, 3.63) is 60.2 Å². The van der Waals surface area contributed by atoms with Crippen LogP contribution in [0.1, 0.15) is 18.9 Å². The lowest BCUT2D eigenvalue weighted by molar-refractivity contribution is -0.153. The summed E-state index contributed by atoms with van der Waals surface area (Å²) in [4.78, 5) is 23.7. The number of ether oxygens (including phenoxy) is 2. The van der Waals surface area contributed by atoms with E-state index in [2.05, 4.69) is 5.32 Å². The molecule has 0 spiro atoms. The van der Waals surface area contributed by atoms with E-state index in [1.54, 1.807) is 24.3 Å². The van der Waals surface area contributed by atoms with Gasteiger partial charge in [-0.15, -0.1) is 0 Å². The molecule has 1 N–H and O–H groups in total. The molecule has 0 heterocycles. The molecule has 8 heteroatoms. The number of halogens is 3. The summed E-state index contributed by atoms with van der Waals surface area (Å²) >= 11 is 0. The highest BCUT2D eigenvalue weighted by Gasteiger charge is 2.30. The van der Waals surface area contributed by atoms with E-state index in [1.807, 2.05) is 6.07 Å². The van der Waals surface area contributed by atoms with Crippen LogP contribution >= 0.6 is 0 Å². The largest absolute Gasteiger partial charge is 0.493 e. The van der Waals surface area contributed by atoms with Crippen LogP contribution in [0.15, 0.2) is 54.6 Å². The number of amides is 1. The van der Waals surface area contributed by atoms with Crippen LogP contribution in [0, 0.1) is 0 Å². The molecule has 0 aliphatic carbocycles. The van der Waals surface area contributed by atoms with Crippen molar-refractivity contribution < 1.29 is 32.2 Å². The molecule has 5 nitrogen and oxygen atoms in total. The molecule has 0 saturated heterocycles. The van der Waals surface area contributed by atoms with Crippen molar-refractivity contribution in [2.75, 3.05) is 11.9 Å². The third-order valence-corrected chi connectivity index (χ3v) is 3.48. The highest BCUT2D eigenvalue weighted by Crippen LogP contribution is 2.29. The molecule has 0 aromatic heterocycles. The number of benzene rings is 2. The highest BCUT2D eigenvalue weighted by atomic mass is 19.4. The fraction of sp³-hybridized carbons (Fsp3) is 0.263. The van der Waals surface area contributed by atoms with Gasteiger partial charge in [-0.1, -0.05) is 18.2 Å². The quantitative estimate of drug-likeness (QED) is 0.735. The van der Waals surface area contributed by atoms with Crippen LogP contribution in [0.5, 0.6) is 5.75 Å². The molecule has 1 atom stereocenters. The first-order valence-electron chi connectivity index (χ1n) is 8.11. The molecule has 0 unspecified atom stereocenters. The van der Waals surface area contributed by atoms with E-state index in [1.165, 1.54) is 6.92 Å². The summed E-state index contributed by atoms with van der Waals surface area (Å²) in [6.45, 7) is 1.46. The van der Waals surface area contributed by atoms with Crippen molar-refractivity contribution in [2.45, 2.75) is 25.6 Å². The Bertz CT molecular complexity index is 761. The zero-order chi connectivity index (χ0) is 19.9. The van der Waals surface area contributed by atoms with Crippen LogP contribution < -0.4 is 10.1 Å². The lowest BCUT2D eigenvalue weighted by Crippen LogP contribution is -2.30. The first-order valence-corrected chi connectivity index (χ1v) is 8.11. The average molecular weight is 381 g/mol. The van der Waals surface area contributed by atoms with Gasteiger partial charge in [-0.2, -0.15) is 13.2 Å². The summed E-state index contributed by atoms with van der Waals surface area (Å²) in [5.41, 5.74) is -0.651. The molecule has 144 valence electrons. The number of carbonyl (C=O) groups is 2. The van der Waals surface area contributed by atoms with E-state index < -0.39 is 29.7 Å². The van der Waals surface area contributed by atoms with Gasteiger partial charge in [0, 0.05) is 5.69 Å². The predicted octanol–water partition coefficient (Wildman–Crippen LogP) is 4.04. The van der Waals surface area contributed by atoms with Crippen molar-refractivity contribution in [2.24, 2.45) is 0 Å². The smallest absolute Gasteiger partial charge is 0.416 e. The molecule has 27 heavy (non-hydrogen) atoms. The van der Waals surface area contributed by atoms with Crippen LogP contribution in [0.3, 0.4) is 0 Å². The van der Waals surface area contributed by atoms with Crippen molar-refractivity contribution in [3.63, 3.8) is 0 Å². The Kier molecular flexibility index (Phi) is 6.81. The Balaban J connectivity index is 1.76. The number of rotatable bonds is 7. The maximum atomic E-state index is 12.5. The van der Waals surface area contributed by atoms with E-state index in [4.69, 9.17) is 9.47 Å². The van der Waals surface area contributed by atoms with Crippen molar-refractivity contribution >= 4 is 17.6 Å². The van der Waals surface area contributed by atoms with Gasteiger partial charge in [0.15, 0.2) is 6.10 Å². The van der Waals surface area contributed by atoms with Gasteiger partial charge in [-0.05, 0) is 43.3 Å². The highest BCUT2D eigenvalue weighted by molar-refractivity contribution is 5.95. The Morgan fingerprint density at radius 2 is 1.67 bits per heavy atom. The van der Waals surface area contributed by atoms with Gasteiger partial charge in [0.05, 0.1) is 18.6 Å². The van der Waals surface area contributed by atoms with E-state index >= 15 is 0 Å². The third kappa shape index (κ3) is 6.65. The number of hydrogen-bond donors (Lipinski definition) is 1. The second kappa shape index (κ2) is 9.07. The minimum Gasteiger partial charge on any atom is -0.493 e. The first-order chi connectivity index (χ1) is 12.8. The minimum atomic E-state index is -4.45. The number of anilines is 1. The summed E-state index contributed by atoms with van der Waals surface area (Å²) in [6, 6.07) is 12.9. The van der Waals surface area contributed by atoms with Gasteiger partial charge in [-0.3, -0.25) is 9.59 Å². The Morgan fingerprint density at radius 1 is 1.04 bits per heavy atom. The van der Waals surface area contributed by atoms with Crippen molar-refractivity contribution in [1.82, 2.24) is 0 Å². The summed E-state index contributed by atoms with van der Waals surface area (Å²) in [7, 11) is 0. The SMILES string of the molecule is C[C@@H](OC(=O)CCOc1ccccc1)C(=O)Nc1ccc(C(F)(F)F)cc1. The van der Waals surface area contributed by atoms with E-state index in [0.717, 1.165) is 24.3 Å². The molecule has 1 amide bonds. The van der Waals surface area contributed by atoms with Gasteiger partial charge in [0.2, 0.25) is 0 Å². The van der Waals surface area contributed by atoms with Gasteiger partial charge in [0.1, 0.15) is 5.75 Å². The van der Waals surface area contributed by atoms with Crippen LogP contribution in [0.2, 0.25) is 0 Å². The molecule has 2 aromatic carbocycles. The standard InChI is InChI=1S/C19H18F3NO4/c1-13(27-17(24)11-12-26-16-5-3-2-4-6-16)18(25)23-15-9-7-14(8-10-15)19(20,21)22/h2-10,13H,11-12H2,1H3,(H,23,25)/t13-/m1/s1. The minimum absolute atomic E-state index is 0.0488. The van der Waals surface area contributed by atoms with E-state index in [0.29, 0.717) is 5.75 Å². The topological polar surface area (TPSA) is 64.6 Å². The molecule has 2 aromatic rings. The molecule has 0 fully saturated rings. The molecule has 0 saturated carbocycles. The number of esters is 1.